The molecule has 0 radical (unpaired) electrons. The van der Waals surface area contributed by atoms with E-state index in [4.69, 9.17) is 22.3 Å². The average molecular weight is 450 g/mol. The number of nitrogens with zero attached hydrogens (tertiary/aromatic N) is 2. The Hall–Kier alpha value is -0.0200. The summed E-state index contributed by atoms with van der Waals surface area (Å²) in [6, 6.07) is 0. The standard InChI is InChI=1S/2C7H17N3.4ClH.H2O/c2*1-10(2)6-4-3-5-7(8)9;;;;;/h2*3-6H2,1-2H3,(H3,8,9);4*1H;1H2. The number of nitrogens with two attached hydrogens (primary N) is 2. The van der Waals surface area contributed by atoms with Gasteiger partial charge in [0.25, 0.3) is 0 Å². The van der Waals surface area contributed by atoms with Crippen molar-refractivity contribution in [2.24, 2.45) is 11.5 Å². The number of nitrogens with one attached hydrogen (secondary N) is 2. The Morgan fingerprint density at radius 3 is 1.04 bits per heavy atom. The first kappa shape index (κ1) is 44.4. The van der Waals surface area contributed by atoms with E-state index in [-0.39, 0.29) is 55.1 Å². The molecule has 0 rings (SSSR count). The lowest BCUT2D eigenvalue weighted by atomic mass is 10.2. The zero-order chi connectivity index (χ0) is 16.0. The van der Waals surface area contributed by atoms with Gasteiger partial charge in [0.2, 0.25) is 0 Å². The molecule has 0 aliphatic rings. The number of rotatable bonds is 10. The summed E-state index contributed by atoms with van der Waals surface area (Å²) >= 11 is 0. The fourth-order valence-corrected chi connectivity index (χ4v) is 1.49. The Bertz CT molecular complexity index is 246. The zero-order valence-corrected chi connectivity index (χ0v) is 19.1. The van der Waals surface area contributed by atoms with Crippen LogP contribution in [0.4, 0.5) is 0 Å². The van der Waals surface area contributed by atoms with Crippen LogP contribution in [0.2, 0.25) is 0 Å². The van der Waals surface area contributed by atoms with E-state index in [0.29, 0.717) is 11.7 Å². The van der Waals surface area contributed by atoms with Gasteiger partial charge in [0, 0.05) is 12.8 Å². The lowest BCUT2D eigenvalue weighted by Gasteiger charge is -2.07. The average Bonchev–Trinajstić information content (AvgIpc) is 2.30. The Morgan fingerprint density at radius 1 is 0.640 bits per heavy atom. The molecule has 0 atom stereocenters. The third kappa shape index (κ3) is 59.3. The van der Waals surface area contributed by atoms with E-state index in [0.717, 1.165) is 51.6 Å². The molecular formula is C14H40Cl4N6O. The molecule has 0 aromatic carbocycles. The van der Waals surface area contributed by atoms with Crippen LogP contribution in [0.25, 0.3) is 0 Å². The van der Waals surface area contributed by atoms with E-state index in [1.54, 1.807) is 0 Å². The van der Waals surface area contributed by atoms with Crippen molar-refractivity contribution in [3.05, 3.63) is 0 Å². The van der Waals surface area contributed by atoms with E-state index < -0.39 is 0 Å². The van der Waals surface area contributed by atoms with Gasteiger partial charge in [-0.25, -0.2) is 0 Å². The molecular weight excluding hydrogens is 410 g/mol. The second-order valence-electron chi connectivity index (χ2n) is 5.57. The fourth-order valence-electron chi connectivity index (χ4n) is 1.49. The van der Waals surface area contributed by atoms with E-state index >= 15 is 0 Å². The van der Waals surface area contributed by atoms with Gasteiger partial charge in [0.05, 0.1) is 11.7 Å². The molecule has 0 unspecified atom stereocenters. The van der Waals surface area contributed by atoms with Crippen LogP contribution < -0.4 is 11.5 Å². The largest absolute Gasteiger partial charge is 0.412 e. The molecule has 11 heteroatoms. The van der Waals surface area contributed by atoms with Gasteiger partial charge in [0.15, 0.2) is 0 Å². The number of hydrogen-bond donors (Lipinski definition) is 4. The van der Waals surface area contributed by atoms with Crippen LogP contribution in [0.5, 0.6) is 0 Å². The second kappa shape index (κ2) is 31.7. The quantitative estimate of drug-likeness (QED) is 0.230. The summed E-state index contributed by atoms with van der Waals surface area (Å²) in [4.78, 5) is 4.28. The van der Waals surface area contributed by atoms with Gasteiger partial charge in [-0.3, -0.25) is 10.8 Å². The van der Waals surface area contributed by atoms with Crippen molar-refractivity contribution < 1.29 is 5.48 Å². The molecule has 0 fully saturated rings. The van der Waals surface area contributed by atoms with E-state index in [2.05, 4.69) is 9.80 Å². The van der Waals surface area contributed by atoms with Gasteiger partial charge in [-0.05, 0) is 67.0 Å². The predicted molar refractivity (Wildman–Crippen MR) is 121 cm³/mol. The van der Waals surface area contributed by atoms with Crippen molar-refractivity contribution in [2.45, 2.75) is 38.5 Å². The Labute approximate surface area is 178 Å². The summed E-state index contributed by atoms with van der Waals surface area (Å²) in [5.74, 6) is 0.609. The minimum absolute atomic E-state index is 0. The maximum absolute atomic E-state index is 6.94. The van der Waals surface area contributed by atoms with Crippen molar-refractivity contribution in [1.82, 2.24) is 9.80 Å². The Balaban J connectivity index is -0.0000000432. The highest BCUT2D eigenvalue weighted by molar-refractivity contribution is 5.86. The predicted octanol–water partition coefficient (Wildman–Crippen LogP) is 2.17. The summed E-state index contributed by atoms with van der Waals surface area (Å²) in [5, 5.41) is 13.9. The number of hydrogen-bond acceptors (Lipinski definition) is 4. The maximum Gasteiger partial charge on any atom is 0.0905 e. The second-order valence-corrected chi connectivity index (χ2v) is 5.57. The lowest BCUT2D eigenvalue weighted by Crippen LogP contribution is -2.14. The first-order valence-electron chi connectivity index (χ1n) is 7.21. The van der Waals surface area contributed by atoms with Crippen molar-refractivity contribution >= 4 is 61.3 Å². The molecule has 8 N–H and O–H groups in total. The van der Waals surface area contributed by atoms with Crippen LogP contribution in [0.3, 0.4) is 0 Å². The number of halogens is 4. The summed E-state index contributed by atoms with van der Waals surface area (Å²) in [6.07, 6.45) is 5.82. The molecule has 0 aliphatic heterocycles. The third-order valence-corrected chi connectivity index (χ3v) is 2.60. The molecule has 0 aromatic rings. The fraction of sp³-hybridized carbons (Fsp3) is 0.857. The SMILES string of the molecule is CN(C)CCCCC(=N)N.CN(C)CCCCC(=N)N.Cl.Cl.Cl.Cl.O. The highest BCUT2D eigenvalue weighted by Crippen LogP contribution is 1.95. The van der Waals surface area contributed by atoms with Crippen molar-refractivity contribution in [2.75, 3.05) is 41.3 Å². The monoisotopic (exact) mass is 448 g/mol. The molecule has 0 saturated heterocycles. The molecule has 25 heavy (non-hydrogen) atoms. The highest BCUT2D eigenvalue weighted by atomic mass is 35.5. The van der Waals surface area contributed by atoms with Crippen LogP contribution in [0.1, 0.15) is 38.5 Å². The topological polar surface area (TPSA) is 138 Å². The van der Waals surface area contributed by atoms with Gasteiger partial charge >= 0.3 is 0 Å². The number of amidine groups is 2. The van der Waals surface area contributed by atoms with Crippen LogP contribution >= 0.6 is 49.6 Å². The van der Waals surface area contributed by atoms with Crippen molar-refractivity contribution in [1.29, 1.82) is 10.8 Å². The van der Waals surface area contributed by atoms with Gasteiger partial charge in [-0.1, -0.05) is 0 Å². The van der Waals surface area contributed by atoms with Gasteiger partial charge in [-0.15, -0.1) is 49.6 Å². The summed E-state index contributed by atoms with van der Waals surface area (Å²) in [6.45, 7) is 2.18. The first-order chi connectivity index (χ1) is 9.25. The van der Waals surface area contributed by atoms with Crippen LogP contribution in [0, 0.1) is 10.8 Å². The maximum atomic E-state index is 6.94. The van der Waals surface area contributed by atoms with Gasteiger partial charge < -0.3 is 26.7 Å². The normalized spacial score (nSPS) is 8.24. The summed E-state index contributed by atoms with van der Waals surface area (Å²) < 4.78 is 0. The third-order valence-electron chi connectivity index (χ3n) is 2.60. The van der Waals surface area contributed by atoms with Gasteiger partial charge in [-0.2, -0.15) is 0 Å². The minimum Gasteiger partial charge on any atom is -0.412 e. The summed E-state index contributed by atoms with van der Waals surface area (Å²) in [5.41, 5.74) is 10.4. The van der Waals surface area contributed by atoms with Crippen molar-refractivity contribution in [3.8, 4) is 0 Å². The molecule has 0 heterocycles. The Morgan fingerprint density at radius 2 is 0.880 bits per heavy atom. The van der Waals surface area contributed by atoms with Crippen LogP contribution in [0.15, 0.2) is 0 Å². The van der Waals surface area contributed by atoms with Crippen LogP contribution in [-0.2, 0) is 0 Å². The van der Waals surface area contributed by atoms with E-state index in [1.807, 2.05) is 28.2 Å². The molecule has 0 bridgehead atoms. The van der Waals surface area contributed by atoms with Gasteiger partial charge in [0.1, 0.15) is 0 Å². The summed E-state index contributed by atoms with van der Waals surface area (Å²) in [7, 11) is 8.20. The molecule has 0 aromatic heterocycles. The zero-order valence-electron chi connectivity index (χ0n) is 15.8. The number of unbranched alkanes of at least 4 members (excludes halogenated alkanes) is 2. The minimum atomic E-state index is 0. The molecule has 160 valence electrons. The highest BCUT2D eigenvalue weighted by Gasteiger charge is 1.92. The molecule has 7 nitrogen and oxygen atoms in total. The molecule has 0 spiro atoms. The Kier molecular flexibility index (Phi) is 56.4. The van der Waals surface area contributed by atoms with Crippen LogP contribution in [-0.4, -0.2) is 68.2 Å². The molecule has 0 saturated carbocycles. The lowest BCUT2D eigenvalue weighted by molar-refractivity contribution is 0.396. The molecule has 0 aliphatic carbocycles. The molecule has 0 amide bonds. The van der Waals surface area contributed by atoms with E-state index in [1.165, 1.54) is 0 Å². The first-order valence-corrected chi connectivity index (χ1v) is 7.21. The van der Waals surface area contributed by atoms with Crippen molar-refractivity contribution in [3.63, 3.8) is 0 Å². The van der Waals surface area contributed by atoms with E-state index in [9.17, 15) is 0 Å². The smallest absolute Gasteiger partial charge is 0.0905 e.